The van der Waals surface area contributed by atoms with Crippen molar-refractivity contribution in [2.24, 2.45) is 0 Å². The van der Waals surface area contributed by atoms with Crippen molar-refractivity contribution in [3.8, 4) is 16.8 Å². The van der Waals surface area contributed by atoms with Gasteiger partial charge in [0.25, 0.3) is 5.91 Å². The van der Waals surface area contributed by atoms with Gasteiger partial charge < -0.3 is 35.4 Å². The van der Waals surface area contributed by atoms with Gasteiger partial charge in [-0.2, -0.15) is 0 Å². The Labute approximate surface area is 242 Å². The summed E-state index contributed by atoms with van der Waals surface area (Å²) in [4.78, 5) is 26.1. The predicted molar refractivity (Wildman–Crippen MR) is 159 cm³/mol. The summed E-state index contributed by atoms with van der Waals surface area (Å²) in [5.41, 5.74) is 12.6. The van der Waals surface area contributed by atoms with Gasteiger partial charge in [-0.15, -0.1) is 0 Å². The maximum atomic E-state index is 14.0. The molecule has 4 N–H and O–H groups in total. The van der Waals surface area contributed by atoms with Gasteiger partial charge in [0.05, 0.1) is 12.1 Å². The number of amides is 2. The van der Waals surface area contributed by atoms with E-state index in [1.54, 1.807) is 29.2 Å². The van der Waals surface area contributed by atoms with Crippen LogP contribution in [0.2, 0.25) is 0 Å². The van der Waals surface area contributed by atoms with Gasteiger partial charge in [-0.05, 0) is 66.9 Å². The summed E-state index contributed by atoms with van der Waals surface area (Å²) in [7, 11) is 0. The molecule has 4 aromatic rings. The van der Waals surface area contributed by atoms with Crippen LogP contribution in [0.4, 0.5) is 14.9 Å². The molecule has 0 bridgehead atoms. The van der Waals surface area contributed by atoms with Gasteiger partial charge in [-0.3, -0.25) is 4.79 Å². The van der Waals surface area contributed by atoms with Crippen molar-refractivity contribution in [3.63, 3.8) is 0 Å². The number of nitrogens with zero attached hydrogens (tertiary/aromatic N) is 2. The molecule has 0 saturated carbocycles. The van der Waals surface area contributed by atoms with E-state index in [2.05, 4.69) is 9.88 Å². The second-order valence-corrected chi connectivity index (χ2v) is 10.5. The van der Waals surface area contributed by atoms with Crippen molar-refractivity contribution >= 4 is 34.8 Å². The first kappa shape index (κ1) is 27.5. The molecule has 0 radical (unpaired) electrons. The minimum absolute atomic E-state index is 0.163. The standard InChI is InChI=1S/C32H32FN5O4/c33-24-5-7-25(8-6-24)38-28-17-23(19-34)27(35)18-26(28)29(30(38)21-9-14-41-15-10-21)20-1-3-22(4-2-20)31(39)36-11-12-37-13-16-42-32(37)40/h1-8,17-19,21,34H,9-16,35H2,(H,36,39). The van der Waals surface area contributed by atoms with Crippen LogP contribution in [0.1, 0.15) is 40.4 Å². The number of aromatic nitrogens is 1. The monoisotopic (exact) mass is 569 g/mol. The highest BCUT2D eigenvalue weighted by Crippen LogP contribution is 2.44. The van der Waals surface area contributed by atoms with E-state index in [-0.39, 0.29) is 23.7 Å². The highest BCUT2D eigenvalue weighted by molar-refractivity contribution is 6.05. The lowest BCUT2D eigenvalue weighted by Crippen LogP contribution is -2.35. The summed E-state index contributed by atoms with van der Waals surface area (Å²) < 4.78 is 26.7. The van der Waals surface area contributed by atoms with Gasteiger partial charge in [0.1, 0.15) is 12.4 Å². The topological polar surface area (TPSA) is 123 Å². The number of carbonyl (C=O) groups is 2. The Hall–Kier alpha value is -4.70. The second-order valence-electron chi connectivity index (χ2n) is 10.5. The van der Waals surface area contributed by atoms with E-state index in [0.29, 0.717) is 56.3 Å². The third-order valence-corrected chi connectivity index (χ3v) is 8.00. The third-order valence-electron chi connectivity index (χ3n) is 8.00. The zero-order chi connectivity index (χ0) is 29.2. The van der Waals surface area contributed by atoms with E-state index in [9.17, 15) is 14.0 Å². The number of cyclic esters (lactones) is 1. The molecule has 10 heteroatoms. The number of rotatable bonds is 8. The van der Waals surface area contributed by atoms with Crippen LogP contribution in [0.3, 0.4) is 0 Å². The molecule has 0 aliphatic carbocycles. The van der Waals surface area contributed by atoms with Crippen LogP contribution in [0.25, 0.3) is 27.7 Å². The summed E-state index contributed by atoms with van der Waals surface area (Å²) in [6.45, 7) is 2.88. The van der Waals surface area contributed by atoms with E-state index in [4.69, 9.17) is 20.6 Å². The Morgan fingerprint density at radius 3 is 2.48 bits per heavy atom. The van der Waals surface area contributed by atoms with E-state index in [1.807, 2.05) is 24.3 Å². The normalized spacial score (nSPS) is 15.6. The zero-order valence-electron chi connectivity index (χ0n) is 23.1. The zero-order valence-corrected chi connectivity index (χ0v) is 23.1. The highest BCUT2D eigenvalue weighted by Gasteiger charge is 2.28. The molecular formula is C32H32FN5O4. The molecule has 216 valence electrons. The number of halogens is 1. The molecule has 0 spiro atoms. The number of nitrogens with one attached hydrogen (secondary N) is 2. The first-order chi connectivity index (χ1) is 20.4. The molecule has 3 heterocycles. The van der Waals surface area contributed by atoms with Crippen LogP contribution in [0.5, 0.6) is 0 Å². The number of nitrogen functional groups attached to an aromatic ring is 1. The van der Waals surface area contributed by atoms with Crippen molar-refractivity contribution in [1.29, 1.82) is 5.41 Å². The van der Waals surface area contributed by atoms with E-state index in [0.717, 1.165) is 46.3 Å². The van der Waals surface area contributed by atoms with Crippen LogP contribution in [-0.4, -0.2) is 67.1 Å². The number of ether oxygens (including phenoxy) is 2. The lowest BCUT2D eigenvalue weighted by molar-refractivity contribution is 0.0843. The average molecular weight is 570 g/mol. The molecule has 2 amide bonds. The fourth-order valence-electron chi connectivity index (χ4n) is 5.86. The van der Waals surface area contributed by atoms with Crippen LogP contribution >= 0.6 is 0 Å². The molecule has 2 fully saturated rings. The molecular weight excluding hydrogens is 537 g/mol. The van der Waals surface area contributed by atoms with Gasteiger partial charge >= 0.3 is 6.09 Å². The number of nitrogens with two attached hydrogens (primary N) is 1. The molecule has 0 unspecified atom stereocenters. The summed E-state index contributed by atoms with van der Waals surface area (Å²) in [6.07, 6.45) is 2.53. The van der Waals surface area contributed by atoms with Crippen LogP contribution < -0.4 is 11.1 Å². The minimum Gasteiger partial charge on any atom is -0.448 e. The maximum absolute atomic E-state index is 14.0. The quantitative estimate of drug-likeness (QED) is 0.202. The van der Waals surface area contributed by atoms with Crippen LogP contribution in [0, 0.1) is 11.2 Å². The largest absolute Gasteiger partial charge is 0.448 e. The Bertz CT molecular complexity index is 1640. The van der Waals surface area contributed by atoms with Crippen molar-refractivity contribution < 1.29 is 23.5 Å². The molecule has 42 heavy (non-hydrogen) atoms. The molecule has 2 saturated heterocycles. The Morgan fingerprint density at radius 2 is 1.81 bits per heavy atom. The Balaban J connectivity index is 1.42. The van der Waals surface area contributed by atoms with Crippen molar-refractivity contribution in [2.75, 3.05) is 45.2 Å². The molecule has 0 atom stereocenters. The minimum atomic E-state index is -0.359. The molecule has 2 aliphatic heterocycles. The number of fused-ring (bicyclic) bond motifs is 1. The second kappa shape index (κ2) is 11.7. The van der Waals surface area contributed by atoms with Crippen molar-refractivity contribution in [1.82, 2.24) is 14.8 Å². The molecule has 6 rings (SSSR count). The SMILES string of the molecule is N=Cc1cc2c(cc1N)c(-c1ccc(C(=O)NCCN3CCOC3=O)cc1)c(C1CCOCC1)n2-c1ccc(F)cc1. The first-order valence-corrected chi connectivity index (χ1v) is 14.1. The molecule has 3 aromatic carbocycles. The smallest absolute Gasteiger partial charge is 0.409 e. The Kier molecular flexibility index (Phi) is 7.62. The third kappa shape index (κ3) is 5.21. The lowest BCUT2D eigenvalue weighted by Gasteiger charge is -2.26. The van der Waals surface area contributed by atoms with E-state index >= 15 is 0 Å². The fourth-order valence-corrected chi connectivity index (χ4v) is 5.86. The summed E-state index contributed by atoms with van der Waals surface area (Å²) >= 11 is 0. The van der Waals surface area contributed by atoms with E-state index < -0.39 is 0 Å². The van der Waals surface area contributed by atoms with Crippen molar-refractivity contribution in [2.45, 2.75) is 18.8 Å². The van der Waals surface area contributed by atoms with Crippen molar-refractivity contribution in [3.05, 3.63) is 83.3 Å². The lowest BCUT2D eigenvalue weighted by atomic mass is 9.89. The van der Waals surface area contributed by atoms with Gasteiger partial charge in [0, 0.05) is 77.6 Å². The average Bonchev–Trinajstić information content (AvgIpc) is 3.57. The van der Waals surface area contributed by atoms with Gasteiger partial charge in [0.2, 0.25) is 0 Å². The number of hydrogen-bond acceptors (Lipinski definition) is 6. The number of hydrogen-bond donors (Lipinski definition) is 3. The number of benzene rings is 3. The first-order valence-electron chi connectivity index (χ1n) is 14.1. The van der Waals surface area contributed by atoms with E-state index in [1.165, 1.54) is 18.3 Å². The maximum Gasteiger partial charge on any atom is 0.409 e. The predicted octanol–water partition coefficient (Wildman–Crippen LogP) is 5.09. The van der Waals surface area contributed by atoms with Gasteiger partial charge in [-0.25, -0.2) is 9.18 Å². The molecule has 1 aromatic heterocycles. The Morgan fingerprint density at radius 1 is 1.07 bits per heavy atom. The van der Waals surface area contributed by atoms with Gasteiger partial charge in [-0.1, -0.05) is 12.1 Å². The summed E-state index contributed by atoms with van der Waals surface area (Å²) in [5.74, 6) is -0.384. The fraction of sp³-hybridized carbons (Fsp3) is 0.281. The summed E-state index contributed by atoms with van der Waals surface area (Å²) in [5, 5.41) is 11.7. The number of carbonyl (C=O) groups excluding carboxylic acids is 2. The van der Waals surface area contributed by atoms with Crippen LogP contribution in [-0.2, 0) is 9.47 Å². The molecule has 9 nitrogen and oxygen atoms in total. The summed E-state index contributed by atoms with van der Waals surface area (Å²) in [6, 6.07) is 17.7. The van der Waals surface area contributed by atoms with Gasteiger partial charge in [0.15, 0.2) is 0 Å². The number of anilines is 1. The molecule has 2 aliphatic rings. The van der Waals surface area contributed by atoms with Crippen LogP contribution in [0.15, 0.2) is 60.7 Å². The highest BCUT2D eigenvalue weighted by atomic mass is 19.1.